The van der Waals surface area contributed by atoms with Crippen LogP contribution in [0.15, 0.2) is 24.3 Å². The minimum Gasteiger partial charge on any atom is -0.311 e. The Kier molecular flexibility index (Phi) is 2.36. The minimum atomic E-state index is 0.258. The molecule has 14 heavy (non-hydrogen) atoms. The Morgan fingerprint density at radius 2 is 2.14 bits per heavy atom. The lowest BCUT2D eigenvalue weighted by Gasteiger charge is -2.27. The summed E-state index contributed by atoms with van der Waals surface area (Å²) >= 11 is 0. The number of aryl methyl sites for hydroxylation is 1. The van der Waals surface area contributed by atoms with E-state index >= 15 is 0 Å². The van der Waals surface area contributed by atoms with Crippen molar-refractivity contribution in [2.45, 2.75) is 38.6 Å². The number of hydrogen-bond donors (Lipinski definition) is 1. The average Bonchev–Trinajstić information content (AvgIpc) is 2.45. The van der Waals surface area contributed by atoms with Gasteiger partial charge in [-0.2, -0.15) is 0 Å². The van der Waals surface area contributed by atoms with Crippen molar-refractivity contribution in [1.82, 2.24) is 5.32 Å². The Bertz CT molecular complexity index is 328. The molecule has 1 N–H and O–H groups in total. The summed E-state index contributed by atoms with van der Waals surface area (Å²) in [5, 5.41) is 3.56. The molecule has 0 amide bonds. The first-order valence-corrected chi connectivity index (χ1v) is 5.41. The van der Waals surface area contributed by atoms with Crippen LogP contribution in [-0.2, 0) is 0 Å². The summed E-state index contributed by atoms with van der Waals surface area (Å²) in [6.45, 7) is 7.91. The molecule has 0 aromatic heterocycles. The van der Waals surface area contributed by atoms with Crippen molar-refractivity contribution in [3.8, 4) is 0 Å². The second kappa shape index (κ2) is 3.39. The molecule has 1 nitrogen and oxygen atoms in total. The van der Waals surface area contributed by atoms with Crippen molar-refractivity contribution < 1.29 is 0 Å². The molecule has 0 saturated carbocycles. The van der Waals surface area contributed by atoms with E-state index in [0.29, 0.717) is 5.92 Å². The van der Waals surface area contributed by atoms with Gasteiger partial charge in [-0.25, -0.2) is 0 Å². The maximum atomic E-state index is 3.56. The number of benzene rings is 1. The van der Waals surface area contributed by atoms with Crippen molar-refractivity contribution in [2.24, 2.45) is 0 Å². The van der Waals surface area contributed by atoms with Crippen molar-refractivity contribution in [3.63, 3.8) is 0 Å². The minimum absolute atomic E-state index is 0.258. The first-order valence-electron chi connectivity index (χ1n) is 5.41. The van der Waals surface area contributed by atoms with Gasteiger partial charge in [-0.3, -0.25) is 0 Å². The third-order valence-electron chi connectivity index (χ3n) is 3.33. The van der Waals surface area contributed by atoms with E-state index in [-0.39, 0.29) is 5.54 Å². The van der Waals surface area contributed by atoms with Crippen LogP contribution in [0.1, 0.15) is 37.3 Å². The first kappa shape index (κ1) is 9.72. The fourth-order valence-corrected chi connectivity index (χ4v) is 2.49. The smallest absolute Gasteiger partial charge is 0.0194 e. The first-order chi connectivity index (χ1) is 6.59. The predicted octanol–water partition coefficient (Wildman–Crippen LogP) is 2.85. The van der Waals surface area contributed by atoms with Crippen LogP contribution in [0.2, 0.25) is 0 Å². The van der Waals surface area contributed by atoms with Crippen molar-refractivity contribution in [3.05, 3.63) is 35.4 Å². The van der Waals surface area contributed by atoms with E-state index in [0.717, 1.165) is 6.54 Å². The van der Waals surface area contributed by atoms with Crippen LogP contribution in [0.3, 0.4) is 0 Å². The zero-order chi connectivity index (χ0) is 10.2. The van der Waals surface area contributed by atoms with Gasteiger partial charge >= 0.3 is 0 Å². The summed E-state index contributed by atoms with van der Waals surface area (Å²) < 4.78 is 0. The van der Waals surface area contributed by atoms with Crippen LogP contribution in [0.25, 0.3) is 0 Å². The molecule has 1 fully saturated rings. The molecular weight excluding hydrogens is 170 g/mol. The van der Waals surface area contributed by atoms with Gasteiger partial charge in [0.2, 0.25) is 0 Å². The Morgan fingerprint density at radius 1 is 1.36 bits per heavy atom. The number of rotatable bonds is 1. The van der Waals surface area contributed by atoms with E-state index in [1.54, 1.807) is 0 Å². The third-order valence-corrected chi connectivity index (χ3v) is 3.33. The number of hydrogen-bond acceptors (Lipinski definition) is 1. The van der Waals surface area contributed by atoms with Crippen molar-refractivity contribution in [1.29, 1.82) is 0 Å². The molecule has 1 aromatic rings. The van der Waals surface area contributed by atoms with Crippen LogP contribution < -0.4 is 5.32 Å². The second-order valence-electron chi connectivity index (χ2n) is 4.90. The molecule has 0 radical (unpaired) electrons. The van der Waals surface area contributed by atoms with Gasteiger partial charge in [0.05, 0.1) is 0 Å². The molecule has 1 aromatic carbocycles. The van der Waals surface area contributed by atoms with E-state index < -0.39 is 0 Å². The maximum Gasteiger partial charge on any atom is 0.0194 e. The van der Waals surface area contributed by atoms with Crippen molar-refractivity contribution in [2.75, 3.05) is 6.54 Å². The molecule has 0 unspecified atom stereocenters. The summed E-state index contributed by atoms with van der Waals surface area (Å²) in [5.41, 5.74) is 3.11. The van der Waals surface area contributed by atoms with Crippen LogP contribution in [0, 0.1) is 6.92 Å². The maximum absolute atomic E-state index is 3.56. The fourth-order valence-electron chi connectivity index (χ4n) is 2.49. The molecular formula is C13H19N. The Morgan fingerprint density at radius 3 is 2.71 bits per heavy atom. The summed E-state index contributed by atoms with van der Waals surface area (Å²) in [6.07, 6.45) is 1.26. The van der Waals surface area contributed by atoms with E-state index in [4.69, 9.17) is 0 Å². The highest BCUT2D eigenvalue weighted by molar-refractivity contribution is 5.29. The van der Waals surface area contributed by atoms with E-state index in [1.165, 1.54) is 17.5 Å². The zero-order valence-electron chi connectivity index (χ0n) is 9.30. The van der Waals surface area contributed by atoms with Crippen LogP contribution in [0.5, 0.6) is 0 Å². The predicted molar refractivity (Wildman–Crippen MR) is 60.6 cm³/mol. The average molecular weight is 189 g/mol. The lowest BCUT2D eigenvalue weighted by atomic mass is 9.83. The standard InChI is InChI=1S/C13H19N/c1-10-5-4-6-11(9-10)12-7-8-14-13(12,2)3/h4-6,9,12,14H,7-8H2,1-3H3/t12-/m0/s1. The molecule has 1 aliphatic heterocycles. The lowest BCUT2D eigenvalue weighted by molar-refractivity contribution is 0.411. The molecule has 1 saturated heterocycles. The van der Waals surface area contributed by atoms with Gasteiger partial charge in [-0.1, -0.05) is 29.8 Å². The fraction of sp³-hybridized carbons (Fsp3) is 0.538. The van der Waals surface area contributed by atoms with E-state index in [1.807, 2.05) is 0 Å². The highest BCUT2D eigenvalue weighted by atomic mass is 15.0. The summed E-state index contributed by atoms with van der Waals surface area (Å²) in [5.74, 6) is 0.669. The molecule has 1 heterocycles. The molecule has 0 spiro atoms. The van der Waals surface area contributed by atoms with Gasteiger partial charge in [-0.15, -0.1) is 0 Å². The Hall–Kier alpha value is -0.820. The highest BCUT2D eigenvalue weighted by Gasteiger charge is 2.34. The van der Waals surface area contributed by atoms with Gasteiger partial charge in [0.25, 0.3) is 0 Å². The molecule has 0 bridgehead atoms. The molecule has 2 rings (SSSR count). The van der Waals surface area contributed by atoms with E-state index in [2.05, 4.69) is 50.4 Å². The van der Waals surface area contributed by atoms with Crippen molar-refractivity contribution >= 4 is 0 Å². The monoisotopic (exact) mass is 189 g/mol. The zero-order valence-corrected chi connectivity index (χ0v) is 9.30. The van der Waals surface area contributed by atoms with Crippen LogP contribution >= 0.6 is 0 Å². The summed E-state index contributed by atoms with van der Waals surface area (Å²) in [4.78, 5) is 0. The second-order valence-corrected chi connectivity index (χ2v) is 4.90. The van der Waals surface area contributed by atoms with Gasteiger partial charge < -0.3 is 5.32 Å². The highest BCUT2D eigenvalue weighted by Crippen LogP contribution is 2.35. The van der Waals surface area contributed by atoms with Gasteiger partial charge in [0.15, 0.2) is 0 Å². The molecule has 1 atom stereocenters. The van der Waals surface area contributed by atoms with Crippen LogP contribution in [-0.4, -0.2) is 12.1 Å². The normalized spacial score (nSPS) is 25.2. The quantitative estimate of drug-likeness (QED) is 0.716. The SMILES string of the molecule is Cc1cccc([C@@H]2CCNC2(C)C)c1. The molecule has 0 aliphatic carbocycles. The molecule has 76 valence electrons. The summed E-state index contributed by atoms with van der Waals surface area (Å²) in [7, 11) is 0. The topological polar surface area (TPSA) is 12.0 Å². The van der Waals surface area contributed by atoms with Gasteiger partial charge in [0, 0.05) is 11.5 Å². The number of nitrogens with one attached hydrogen (secondary N) is 1. The van der Waals surface area contributed by atoms with E-state index in [9.17, 15) is 0 Å². The van der Waals surface area contributed by atoms with Gasteiger partial charge in [0.1, 0.15) is 0 Å². The lowest BCUT2D eigenvalue weighted by Crippen LogP contribution is -2.36. The summed E-state index contributed by atoms with van der Waals surface area (Å²) in [6, 6.07) is 8.91. The Balaban J connectivity index is 2.31. The Labute approximate surface area is 86.5 Å². The van der Waals surface area contributed by atoms with Gasteiger partial charge in [-0.05, 0) is 39.3 Å². The van der Waals surface area contributed by atoms with Crippen LogP contribution in [0.4, 0.5) is 0 Å². The largest absolute Gasteiger partial charge is 0.311 e. The molecule has 1 aliphatic rings. The molecule has 1 heteroatoms. The third kappa shape index (κ3) is 1.69.